The number of aliphatic hydroxyl groups is 1. The Kier molecular flexibility index (Phi) is 4.53. The molecule has 2 rings (SSSR count). The van der Waals surface area contributed by atoms with E-state index in [1.807, 2.05) is 20.8 Å². The molecule has 0 spiro atoms. The second kappa shape index (κ2) is 6.03. The van der Waals surface area contributed by atoms with Gasteiger partial charge in [0.1, 0.15) is 17.5 Å². The molecule has 1 aromatic rings. The van der Waals surface area contributed by atoms with E-state index in [1.165, 1.54) is 4.90 Å². The molecular formula is C14H23N3O4. The van der Waals surface area contributed by atoms with Crippen LogP contribution in [0.25, 0.3) is 0 Å². The van der Waals surface area contributed by atoms with E-state index in [1.54, 1.807) is 24.0 Å². The largest absolute Gasteiger partial charge is 0.444 e. The predicted octanol–water partition coefficient (Wildman–Crippen LogP) is 1.09. The number of amides is 1. The molecule has 2 heterocycles. The number of carbonyl (C=O) groups excluding carboxylic acids is 1. The summed E-state index contributed by atoms with van der Waals surface area (Å²) in [5.74, 6) is 0.499. The molecule has 0 aliphatic carbocycles. The molecule has 1 aromatic heterocycles. The molecule has 1 fully saturated rings. The van der Waals surface area contributed by atoms with Crippen LogP contribution in [-0.2, 0) is 16.5 Å². The fourth-order valence-electron chi connectivity index (χ4n) is 2.27. The minimum Gasteiger partial charge on any atom is -0.444 e. The Morgan fingerprint density at radius 3 is 2.86 bits per heavy atom. The number of hydrogen-bond acceptors (Lipinski definition) is 5. The van der Waals surface area contributed by atoms with Gasteiger partial charge in [-0.15, -0.1) is 0 Å². The molecule has 1 aliphatic heterocycles. The summed E-state index contributed by atoms with van der Waals surface area (Å²) < 4.78 is 12.5. The lowest BCUT2D eigenvalue weighted by molar-refractivity contribution is -0.0695. The van der Waals surface area contributed by atoms with Gasteiger partial charge in [-0.05, 0) is 20.8 Å². The SMILES string of the molecule is Cn1ccnc1C(O)C1COCCN1C(=O)OC(C)(C)C. The Morgan fingerprint density at radius 1 is 1.57 bits per heavy atom. The van der Waals surface area contributed by atoms with Gasteiger partial charge in [0.05, 0.1) is 19.3 Å². The number of morpholine rings is 1. The van der Waals surface area contributed by atoms with Gasteiger partial charge >= 0.3 is 6.09 Å². The number of rotatable bonds is 2. The second-order valence-electron chi connectivity index (χ2n) is 6.16. The maximum atomic E-state index is 12.3. The predicted molar refractivity (Wildman–Crippen MR) is 75.7 cm³/mol. The molecule has 1 saturated heterocycles. The third-order valence-corrected chi connectivity index (χ3v) is 3.28. The normalized spacial score (nSPS) is 21.2. The molecule has 0 aromatic carbocycles. The van der Waals surface area contributed by atoms with Crippen molar-refractivity contribution in [1.29, 1.82) is 0 Å². The summed E-state index contributed by atoms with van der Waals surface area (Å²) in [6.45, 7) is 6.53. The first-order valence-corrected chi connectivity index (χ1v) is 7.02. The molecule has 7 heteroatoms. The van der Waals surface area contributed by atoms with Crippen molar-refractivity contribution >= 4 is 6.09 Å². The topological polar surface area (TPSA) is 76.8 Å². The molecule has 0 radical (unpaired) electrons. The highest BCUT2D eigenvalue weighted by molar-refractivity contribution is 5.68. The first-order chi connectivity index (χ1) is 9.79. The lowest BCUT2D eigenvalue weighted by Gasteiger charge is -2.38. The molecule has 0 bridgehead atoms. The molecule has 7 nitrogen and oxygen atoms in total. The highest BCUT2D eigenvalue weighted by atomic mass is 16.6. The van der Waals surface area contributed by atoms with Crippen LogP contribution in [0.5, 0.6) is 0 Å². The Morgan fingerprint density at radius 2 is 2.29 bits per heavy atom. The smallest absolute Gasteiger partial charge is 0.410 e. The van der Waals surface area contributed by atoms with Gasteiger partial charge in [-0.2, -0.15) is 0 Å². The number of hydrogen-bond donors (Lipinski definition) is 1. The third kappa shape index (κ3) is 3.74. The van der Waals surface area contributed by atoms with E-state index in [2.05, 4.69) is 4.98 Å². The third-order valence-electron chi connectivity index (χ3n) is 3.28. The zero-order chi connectivity index (χ0) is 15.6. The highest BCUT2D eigenvalue weighted by Crippen LogP contribution is 2.24. The summed E-state index contributed by atoms with van der Waals surface area (Å²) in [6, 6.07) is -0.505. The van der Waals surface area contributed by atoms with E-state index in [0.29, 0.717) is 19.0 Å². The van der Waals surface area contributed by atoms with Crippen LogP contribution in [0.2, 0.25) is 0 Å². The van der Waals surface area contributed by atoms with Crippen LogP contribution in [0.4, 0.5) is 4.79 Å². The molecule has 1 N–H and O–H groups in total. The van der Waals surface area contributed by atoms with Crippen LogP contribution < -0.4 is 0 Å². The summed E-state index contributed by atoms with van der Waals surface area (Å²) in [4.78, 5) is 18.0. The van der Waals surface area contributed by atoms with Crippen molar-refractivity contribution in [2.24, 2.45) is 7.05 Å². The van der Waals surface area contributed by atoms with E-state index in [0.717, 1.165) is 0 Å². The van der Waals surface area contributed by atoms with Crippen molar-refractivity contribution in [2.75, 3.05) is 19.8 Å². The van der Waals surface area contributed by atoms with Crippen molar-refractivity contribution in [3.8, 4) is 0 Å². The first kappa shape index (κ1) is 15.8. The van der Waals surface area contributed by atoms with Crippen LogP contribution in [0.15, 0.2) is 12.4 Å². The van der Waals surface area contributed by atoms with E-state index >= 15 is 0 Å². The molecule has 118 valence electrons. The summed E-state index contributed by atoms with van der Waals surface area (Å²) >= 11 is 0. The molecule has 2 atom stereocenters. The van der Waals surface area contributed by atoms with Crippen LogP contribution in [0.1, 0.15) is 32.7 Å². The minimum absolute atomic E-state index is 0.257. The summed E-state index contributed by atoms with van der Waals surface area (Å²) in [7, 11) is 1.80. The second-order valence-corrected chi connectivity index (χ2v) is 6.16. The zero-order valence-corrected chi connectivity index (χ0v) is 12.9. The Balaban J connectivity index is 2.15. The van der Waals surface area contributed by atoms with Gasteiger partial charge in [0.15, 0.2) is 0 Å². The van der Waals surface area contributed by atoms with Crippen molar-refractivity contribution < 1.29 is 19.4 Å². The van der Waals surface area contributed by atoms with Gasteiger partial charge in [-0.1, -0.05) is 0 Å². The summed E-state index contributed by atoms with van der Waals surface area (Å²) in [5.41, 5.74) is -0.575. The molecule has 21 heavy (non-hydrogen) atoms. The number of imidazole rings is 1. The Bertz CT molecular complexity index is 495. The van der Waals surface area contributed by atoms with Gasteiger partial charge in [-0.25, -0.2) is 9.78 Å². The van der Waals surface area contributed by atoms with Gasteiger partial charge in [0, 0.05) is 26.0 Å². The number of aliphatic hydroxyl groups excluding tert-OH is 1. The monoisotopic (exact) mass is 297 g/mol. The van der Waals surface area contributed by atoms with Crippen LogP contribution in [0, 0.1) is 0 Å². The fourth-order valence-corrected chi connectivity index (χ4v) is 2.27. The molecule has 2 unspecified atom stereocenters. The number of carbonyl (C=O) groups is 1. The van der Waals surface area contributed by atoms with E-state index in [-0.39, 0.29) is 6.61 Å². The number of nitrogens with zero attached hydrogens (tertiary/aromatic N) is 3. The summed E-state index contributed by atoms with van der Waals surface area (Å²) in [6.07, 6.45) is 2.00. The van der Waals surface area contributed by atoms with Crippen LogP contribution in [-0.4, -0.2) is 57.1 Å². The number of ether oxygens (including phenoxy) is 2. The standard InChI is InChI=1S/C14H23N3O4/c1-14(2,3)21-13(19)17-7-8-20-9-10(17)11(18)12-15-5-6-16(12)4/h5-6,10-11,18H,7-9H2,1-4H3. The van der Waals surface area contributed by atoms with Crippen molar-refractivity contribution in [3.63, 3.8) is 0 Å². The quantitative estimate of drug-likeness (QED) is 0.884. The van der Waals surface area contributed by atoms with Gasteiger partial charge in [0.2, 0.25) is 0 Å². The first-order valence-electron chi connectivity index (χ1n) is 7.02. The highest BCUT2D eigenvalue weighted by Gasteiger charge is 2.37. The average Bonchev–Trinajstić information content (AvgIpc) is 2.82. The minimum atomic E-state index is -0.919. The van der Waals surface area contributed by atoms with Gasteiger partial charge in [0.25, 0.3) is 0 Å². The molecular weight excluding hydrogens is 274 g/mol. The molecule has 1 amide bonds. The maximum absolute atomic E-state index is 12.3. The van der Waals surface area contributed by atoms with Crippen molar-refractivity contribution in [2.45, 2.75) is 38.5 Å². The number of aryl methyl sites for hydroxylation is 1. The van der Waals surface area contributed by atoms with Gasteiger partial charge in [-0.3, -0.25) is 4.90 Å². The molecule has 0 saturated carbocycles. The average molecular weight is 297 g/mol. The van der Waals surface area contributed by atoms with E-state index in [9.17, 15) is 9.90 Å². The lowest BCUT2D eigenvalue weighted by Crippen LogP contribution is -2.53. The lowest BCUT2D eigenvalue weighted by atomic mass is 10.1. The molecule has 1 aliphatic rings. The van der Waals surface area contributed by atoms with Crippen molar-refractivity contribution in [3.05, 3.63) is 18.2 Å². The van der Waals surface area contributed by atoms with Crippen LogP contribution >= 0.6 is 0 Å². The fraction of sp³-hybridized carbons (Fsp3) is 0.714. The Hall–Kier alpha value is -1.60. The Labute approximate surface area is 124 Å². The zero-order valence-electron chi connectivity index (χ0n) is 12.9. The van der Waals surface area contributed by atoms with E-state index in [4.69, 9.17) is 9.47 Å². The maximum Gasteiger partial charge on any atom is 0.410 e. The summed E-state index contributed by atoms with van der Waals surface area (Å²) in [5, 5.41) is 10.5. The number of aromatic nitrogens is 2. The van der Waals surface area contributed by atoms with Gasteiger partial charge < -0.3 is 19.1 Å². The van der Waals surface area contributed by atoms with Crippen LogP contribution in [0.3, 0.4) is 0 Å². The van der Waals surface area contributed by atoms with Crippen molar-refractivity contribution in [1.82, 2.24) is 14.5 Å². The van der Waals surface area contributed by atoms with E-state index < -0.39 is 23.8 Å².